The molecule has 0 aliphatic carbocycles. The minimum Gasteiger partial charge on any atom is -0.481 e. The van der Waals surface area contributed by atoms with Crippen LogP contribution in [0.2, 0.25) is 0 Å². The third kappa shape index (κ3) is 4.66. The van der Waals surface area contributed by atoms with E-state index in [1.165, 1.54) is 30.4 Å². The molecule has 0 saturated heterocycles. The van der Waals surface area contributed by atoms with E-state index in [0.29, 0.717) is 17.8 Å². The van der Waals surface area contributed by atoms with E-state index in [9.17, 15) is 14.0 Å². The second-order valence-corrected chi connectivity index (χ2v) is 5.81. The fourth-order valence-electron chi connectivity index (χ4n) is 1.78. The van der Waals surface area contributed by atoms with Gasteiger partial charge in [-0.25, -0.2) is 4.39 Å². The predicted molar refractivity (Wildman–Crippen MR) is 82.9 cm³/mol. The van der Waals surface area contributed by atoms with Gasteiger partial charge in [0, 0.05) is 11.4 Å². The highest BCUT2D eigenvalue weighted by molar-refractivity contribution is 7.14. The molecule has 1 aromatic carbocycles. The summed E-state index contributed by atoms with van der Waals surface area (Å²) in [6.07, 6.45) is 0.642. The normalized spacial score (nSPS) is 10.3. The molecular weight excluding hydrogens is 305 g/mol. The van der Waals surface area contributed by atoms with Crippen molar-refractivity contribution in [1.29, 1.82) is 0 Å². The highest BCUT2D eigenvalue weighted by atomic mass is 32.1. The number of hydrogen-bond acceptors (Lipinski definition) is 4. The fraction of sp³-hybridized carbons (Fsp3) is 0.250. The van der Waals surface area contributed by atoms with Crippen LogP contribution in [0.15, 0.2) is 36.4 Å². The first-order chi connectivity index (χ1) is 10.6. The van der Waals surface area contributed by atoms with Crippen molar-refractivity contribution in [2.24, 2.45) is 0 Å². The number of carbonyl (C=O) groups excluding carboxylic acids is 2. The third-order valence-electron chi connectivity index (χ3n) is 2.90. The third-order valence-corrected chi connectivity index (χ3v) is 4.14. The first kappa shape index (κ1) is 16.2. The first-order valence-electron chi connectivity index (χ1n) is 6.80. The van der Waals surface area contributed by atoms with E-state index in [1.807, 2.05) is 6.07 Å². The number of Topliss-reactive ketones (excluding diaryl/α,β-unsaturated/α-hetero) is 1. The number of amides is 1. The molecule has 0 saturated carbocycles. The minimum atomic E-state index is -0.495. The lowest BCUT2D eigenvalue weighted by atomic mass is 10.3. The second-order valence-electron chi connectivity index (χ2n) is 4.64. The number of para-hydroxylation sites is 1. The molecule has 0 unspecified atom stereocenters. The van der Waals surface area contributed by atoms with Crippen molar-refractivity contribution in [2.75, 3.05) is 13.2 Å². The molecular formula is C16H16FNO3S. The second kappa shape index (κ2) is 7.70. The molecule has 116 valence electrons. The Morgan fingerprint density at radius 1 is 1.23 bits per heavy atom. The SMILES string of the molecule is CC(=O)c1ccc(CCNC(=O)COc2ccccc2F)s1. The Labute approximate surface area is 131 Å². The van der Waals surface area contributed by atoms with Gasteiger partial charge in [-0.15, -0.1) is 11.3 Å². The highest BCUT2D eigenvalue weighted by Gasteiger charge is 2.07. The van der Waals surface area contributed by atoms with Crippen LogP contribution in [0, 0.1) is 5.82 Å². The van der Waals surface area contributed by atoms with Crippen LogP contribution in [0.3, 0.4) is 0 Å². The van der Waals surface area contributed by atoms with Gasteiger partial charge in [0.15, 0.2) is 24.0 Å². The van der Waals surface area contributed by atoms with Crippen molar-refractivity contribution in [3.63, 3.8) is 0 Å². The van der Waals surface area contributed by atoms with Gasteiger partial charge < -0.3 is 10.1 Å². The van der Waals surface area contributed by atoms with Crippen molar-refractivity contribution >= 4 is 23.0 Å². The molecule has 1 amide bonds. The van der Waals surface area contributed by atoms with Gasteiger partial charge in [-0.2, -0.15) is 0 Å². The molecule has 0 atom stereocenters. The van der Waals surface area contributed by atoms with Gasteiger partial charge in [-0.1, -0.05) is 12.1 Å². The number of nitrogens with one attached hydrogen (secondary N) is 1. The average molecular weight is 321 g/mol. The Balaban J connectivity index is 1.71. The maximum atomic E-state index is 13.3. The molecule has 1 aromatic heterocycles. The smallest absolute Gasteiger partial charge is 0.257 e. The van der Waals surface area contributed by atoms with Crippen LogP contribution < -0.4 is 10.1 Å². The van der Waals surface area contributed by atoms with Gasteiger partial charge in [0.1, 0.15) is 0 Å². The van der Waals surface area contributed by atoms with Crippen molar-refractivity contribution in [3.8, 4) is 5.75 Å². The van der Waals surface area contributed by atoms with Gasteiger partial charge in [-0.05, 0) is 37.6 Å². The average Bonchev–Trinajstić information content (AvgIpc) is 2.95. The van der Waals surface area contributed by atoms with E-state index in [2.05, 4.69) is 5.32 Å². The quantitative estimate of drug-likeness (QED) is 0.798. The zero-order chi connectivity index (χ0) is 15.9. The first-order valence-corrected chi connectivity index (χ1v) is 7.61. The summed E-state index contributed by atoms with van der Waals surface area (Å²) in [4.78, 5) is 24.5. The van der Waals surface area contributed by atoms with Crippen LogP contribution in [0.5, 0.6) is 5.75 Å². The van der Waals surface area contributed by atoms with Gasteiger partial charge in [0.05, 0.1) is 4.88 Å². The van der Waals surface area contributed by atoms with Crippen molar-refractivity contribution in [2.45, 2.75) is 13.3 Å². The number of hydrogen-bond donors (Lipinski definition) is 1. The lowest BCUT2D eigenvalue weighted by Crippen LogP contribution is -2.30. The van der Waals surface area contributed by atoms with Gasteiger partial charge in [0.2, 0.25) is 0 Å². The van der Waals surface area contributed by atoms with Gasteiger partial charge >= 0.3 is 0 Å². The number of carbonyl (C=O) groups is 2. The summed E-state index contributed by atoms with van der Waals surface area (Å²) >= 11 is 1.42. The van der Waals surface area contributed by atoms with E-state index < -0.39 is 5.82 Å². The molecule has 2 rings (SSSR count). The topological polar surface area (TPSA) is 55.4 Å². The fourth-order valence-corrected chi connectivity index (χ4v) is 2.69. The zero-order valence-corrected chi connectivity index (χ0v) is 12.9. The molecule has 4 nitrogen and oxygen atoms in total. The van der Waals surface area contributed by atoms with E-state index in [0.717, 1.165) is 4.88 Å². The van der Waals surface area contributed by atoms with E-state index in [4.69, 9.17) is 4.74 Å². The molecule has 0 spiro atoms. The van der Waals surface area contributed by atoms with Crippen molar-refractivity contribution in [1.82, 2.24) is 5.32 Å². The van der Waals surface area contributed by atoms with Crippen LogP contribution in [0.25, 0.3) is 0 Å². The number of ether oxygens (including phenoxy) is 1. The van der Waals surface area contributed by atoms with Crippen LogP contribution >= 0.6 is 11.3 Å². The Kier molecular flexibility index (Phi) is 5.66. The number of rotatable bonds is 7. The summed E-state index contributed by atoms with van der Waals surface area (Å²) < 4.78 is 18.4. The maximum Gasteiger partial charge on any atom is 0.257 e. The lowest BCUT2D eigenvalue weighted by Gasteiger charge is -2.07. The molecule has 0 bridgehead atoms. The summed E-state index contributed by atoms with van der Waals surface area (Å²) in [5.41, 5.74) is 0. The lowest BCUT2D eigenvalue weighted by molar-refractivity contribution is -0.123. The standard InChI is InChI=1S/C16H16FNO3S/c1-11(19)15-7-6-12(22-15)8-9-18-16(20)10-21-14-5-3-2-4-13(14)17/h2-7H,8-10H2,1H3,(H,18,20). The molecule has 6 heteroatoms. The van der Waals surface area contributed by atoms with Gasteiger partial charge in [0.25, 0.3) is 5.91 Å². The summed E-state index contributed by atoms with van der Waals surface area (Å²) in [7, 11) is 0. The summed E-state index contributed by atoms with van der Waals surface area (Å²) in [6, 6.07) is 9.60. The highest BCUT2D eigenvalue weighted by Crippen LogP contribution is 2.17. The largest absolute Gasteiger partial charge is 0.481 e. The molecule has 22 heavy (non-hydrogen) atoms. The Hall–Kier alpha value is -2.21. The van der Waals surface area contributed by atoms with Gasteiger partial charge in [-0.3, -0.25) is 9.59 Å². The van der Waals surface area contributed by atoms with Crippen LogP contribution in [-0.4, -0.2) is 24.8 Å². The summed E-state index contributed by atoms with van der Waals surface area (Å²) in [5, 5.41) is 2.69. The summed E-state index contributed by atoms with van der Waals surface area (Å²) in [5.74, 6) is -0.710. The number of thiophene rings is 1. The van der Waals surface area contributed by atoms with Crippen molar-refractivity contribution < 1.29 is 18.7 Å². The molecule has 0 aliphatic heterocycles. The Bertz CT molecular complexity index is 669. The molecule has 2 aromatic rings. The van der Waals surface area contributed by atoms with E-state index >= 15 is 0 Å². The molecule has 1 heterocycles. The number of ketones is 1. The van der Waals surface area contributed by atoms with Crippen LogP contribution in [0.1, 0.15) is 21.5 Å². The number of halogens is 1. The van der Waals surface area contributed by atoms with E-state index in [-0.39, 0.29) is 24.0 Å². The van der Waals surface area contributed by atoms with Crippen LogP contribution in [-0.2, 0) is 11.2 Å². The van der Waals surface area contributed by atoms with Crippen LogP contribution in [0.4, 0.5) is 4.39 Å². The molecule has 0 fully saturated rings. The Morgan fingerprint density at radius 2 is 2.00 bits per heavy atom. The van der Waals surface area contributed by atoms with E-state index in [1.54, 1.807) is 18.2 Å². The van der Waals surface area contributed by atoms with Crippen molar-refractivity contribution in [3.05, 3.63) is 52.0 Å². The Morgan fingerprint density at radius 3 is 2.68 bits per heavy atom. The maximum absolute atomic E-state index is 13.3. The molecule has 0 aliphatic rings. The number of benzene rings is 1. The minimum absolute atomic E-state index is 0.0403. The predicted octanol–water partition coefficient (Wildman–Crippen LogP) is 2.83. The summed E-state index contributed by atoms with van der Waals surface area (Å²) in [6.45, 7) is 1.73. The monoisotopic (exact) mass is 321 g/mol. The zero-order valence-electron chi connectivity index (χ0n) is 12.1. The molecule has 1 N–H and O–H groups in total. The molecule has 0 radical (unpaired) electrons.